The number of aryl methyl sites for hydroxylation is 1. The summed E-state index contributed by atoms with van der Waals surface area (Å²) in [6, 6.07) is 13.9. The summed E-state index contributed by atoms with van der Waals surface area (Å²) in [5.74, 6) is -0.325. The molecule has 248 valence electrons. The zero-order valence-corrected chi connectivity index (χ0v) is 26.7. The lowest BCUT2D eigenvalue weighted by molar-refractivity contribution is -0.137. The van der Waals surface area contributed by atoms with Crippen LogP contribution in [0.3, 0.4) is 0 Å². The molecule has 1 aliphatic heterocycles. The van der Waals surface area contributed by atoms with Gasteiger partial charge in [0.05, 0.1) is 36.1 Å². The molecule has 1 aliphatic rings. The van der Waals surface area contributed by atoms with Gasteiger partial charge in [-0.3, -0.25) is 9.52 Å². The van der Waals surface area contributed by atoms with Gasteiger partial charge in [-0.15, -0.1) is 0 Å². The molecule has 3 aromatic rings. The normalized spacial score (nSPS) is 17.9. The van der Waals surface area contributed by atoms with Crippen LogP contribution in [0.5, 0.6) is 5.75 Å². The Kier molecular flexibility index (Phi) is 10.5. The fourth-order valence-electron chi connectivity index (χ4n) is 4.96. The van der Waals surface area contributed by atoms with E-state index < -0.39 is 39.9 Å². The van der Waals surface area contributed by atoms with Crippen LogP contribution in [0, 0.1) is 12.8 Å². The lowest BCUT2D eigenvalue weighted by Gasteiger charge is -2.34. The number of aliphatic hydroxyl groups is 1. The molecule has 14 heteroatoms. The molecule has 3 atom stereocenters. The molecule has 0 radical (unpaired) electrons. The van der Waals surface area contributed by atoms with E-state index in [1.165, 1.54) is 41.1 Å². The van der Waals surface area contributed by atoms with Gasteiger partial charge in [0, 0.05) is 36.4 Å². The van der Waals surface area contributed by atoms with Crippen molar-refractivity contribution in [2.75, 3.05) is 36.8 Å². The van der Waals surface area contributed by atoms with Crippen molar-refractivity contribution >= 4 is 33.3 Å². The van der Waals surface area contributed by atoms with Gasteiger partial charge in [-0.1, -0.05) is 24.6 Å². The van der Waals surface area contributed by atoms with E-state index in [1.807, 2.05) is 13.8 Å². The van der Waals surface area contributed by atoms with E-state index in [-0.39, 0.29) is 54.2 Å². The first kappa shape index (κ1) is 34.6. The molecule has 46 heavy (non-hydrogen) atoms. The Bertz CT molecular complexity index is 1650. The number of carbonyl (C=O) groups is 2. The van der Waals surface area contributed by atoms with Crippen molar-refractivity contribution in [1.82, 2.24) is 9.80 Å². The minimum absolute atomic E-state index is 0.0322. The largest absolute Gasteiger partial charge is 0.488 e. The quantitative estimate of drug-likeness (QED) is 0.307. The van der Waals surface area contributed by atoms with Crippen LogP contribution in [-0.4, -0.2) is 74.2 Å². The van der Waals surface area contributed by atoms with Crippen LogP contribution >= 0.6 is 0 Å². The van der Waals surface area contributed by atoms with Gasteiger partial charge in [0.2, 0.25) is 5.91 Å². The molecule has 3 amide bonds. The average Bonchev–Trinajstić information content (AvgIpc) is 3.04. The van der Waals surface area contributed by atoms with Crippen molar-refractivity contribution in [3.05, 3.63) is 83.4 Å². The van der Waals surface area contributed by atoms with Gasteiger partial charge in [-0.25, -0.2) is 13.2 Å². The topological polar surface area (TPSA) is 128 Å². The second kappa shape index (κ2) is 14.0. The third-order valence-corrected chi connectivity index (χ3v) is 9.16. The molecule has 1 heterocycles. The molecule has 10 nitrogen and oxygen atoms in total. The number of fused-ring (bicyclic) bond motifs is 1. The maximum atomic E-state index is 13.5. The van der Waals surface area contributed by atoms with Gasteiger partial charge in [-0.05, 0) is 68.4 Å². The number of nitrogens with zero attached hydrogens (tertiary/aromatic N) is 2. The number of urea groups is 1. The fraction of sp³-hybridized carbons (Fsp3) is 0.375. The highest BCUT2D eigenvalue weighted by atomic mass is 32.2. The molecule has 4 rings (SSSR count). The van der Waals surface area contributed by atoms with E-state index in [1.54, 1.807) is 25.1 Å². The van der Waals surface area contributed by atoms with Crippen LogP contribution in [-0.2, 0) is 27.4 Å². The Labute approximate surface area is 266 Å². The summed E-state index contributed by atoms with van der Waals surface area (Å²) in [4.78, 5) is 29.4. The Morgan fingerprint density at radius 3 is 2.33 bits per heavy atom. The zero-order valence-electron chi connectivity index (χ0n) is 25.8. The minimum Gasteiger partial charge on any atom is -0.488 e. The van der Waals surface area contributed by atoms with Crippen molar-refractivity contribution in [1.29, 1.82) is 0 Å². The highest BCUT2D eigenvalue weighted by Gasteiger charge is 2.33. The van der Waals surface area contributed by atoms with Crippen LogP contribution in [0.4, 0.5) is 29.3 Å². The molecule has 0 unspecified atom stereocenters. The SMILES string of the molecule is Cc1ccc(S(=O)(=O)Nc2ccc3c(c2)CC(=O)N([C@@H](C)CO)C[C@@H](C)[C@@H](CN(C)C(=O)Nc2ccc(C(F)(F)F)cc2)O3)cc1. The number of aliphatic hydroxyl groups excluding tert-OH is 1. The van der Waals surface area contributed by atoms with Crippen molar-refractivity contribution in [3.8, 4) is 5.75 Å². The van der Waals surface area contributed by atoms with Gasteiger partial charge in [0.1, 0.15) is 11.9 Å². The van der Waals surface area contributed by atoms with Gasteiger partial charge in [0.15, 0.2) is 0 Å². The number of hydrogen-bond donors (Lipinski definition) is 3. The Hall–Kier alpha value is -4.30. The number of alkyl halides is 3. The molecule has 0 bridgehead atoms. The standard InChI is InChI=1S/C32H37F3N4O6S/c1-20-5-12-27(13-6-20)46(43,44)37-26-11-14-28-23(15-26)16-30(41)39(22(3)19-40)17-21(2)29(45-28)18-38(4)31(42)36-25-9-7-24(8-10-25)32(33,34)35/h5-15,21-22,29,37,40H,16-19H2,1-4H3,(H,36,42)/t21-,22+,29-/m1/s1. The lowest BCUT2D eigenvalue weighted by atomic mass is 10.0. The number of hydrogen-bond acceptors (Lipinski definition) is 6. The van der Waals surface area contributed by atoms with E-state index >= 15 is 0 Å². The summed E-state index contributed by atoms with van der Waals surface area (Å²) in [6.07, 6.45) is -5.31. The molecule has 0 saturated carbocycles. The van der Waals surface area contributed by atoms with Crippen molar-refractivity contribution in [3.63, 3.8) is 0 Å². The Morgan fingerprint density at radius 2 is 1.72 bits per heavy atom. The number of likely N-dealkylation sites (N-methyl/N-ethyl adjacent to an activating group) is 1. The number of benzene rings is 3. The predicted molar refractivity (Wildman–Crippen MR) is 167 cm³/mol. The summed E-state index contributed by atoms with van der Waals surface area (Å²) in [6.45, 7) is 5.32. The van der Waals surface area contributed by atoms with E-state index in [2.05, 4.69) is 10.0 Å². The van der Waals surface area contributed by atoms with Gasteiger partial charge >= 0.3 is 12.2 Å². The van der Waals surface area contributed by atoms with E-state index in [9.17, 15) is 36.3 Å². The zero-order chi connectivity index (χ0) is 33.8. The lowest BCUT2D eigenvalue weighted by Crippen LogP contribution is -2.48. The maximum absolute atomic E-state index is 13.5. The van der Waals surface area contributed by atoms with Crippen molar-refractivity contribution < 1.29 is 41.0 Å². The summed E-state index contributed by atoms with van der Waals surface area (Å²) in [7, 11) is -2.42. The third kappa shape index (κ3) is 8.49. The molecular formula is C32H37F3N4O6S. The summed E-state index contributed by atoms with van der Waals surface area (Å²) in [5, 5.41) is 12.5. The van der Waals surface area contributed by atoms with Gasteiger partial charge < -0.3 is 25.0 Å². The van der Waals surface area contributed by atoms with Crippen LogP contribution in [0.2, 0.25) is 0 Å². The molecular weight excluding hydrogens is 625 g/mol. The number of rotatable bonds is 8. The maximum Gasteiger partial charge on any atom is 0.416 e. The number of ether oxygens (including phenoxy) is 1. The number of amides is 3. The molecule has 0 aromatic heterocycles. The highest BCUT2D eigenvalue weighted by molar-refractivity contribution is 7.92. The van der Waals surface area contributed by atoms with Crippen LogP contribution in [0.1, 0.15) is 30.5 Å². The Morgan fingerprint density at radius 1 is 1.09 bits per heavy atom. The van der Waals surface area contributed by atoms with E-state index in [4.69, 9.17) is 4.74 Å². The summed E-state index contributed by atoms with van der Waals surface area (Å²) in [5.41, 5.74) is 0.856. The van der Waals surface area contributed by atoms with Gasteiger partial charge in [-0.2, -0.15) is 13.2 Å². The van der Waals surface area contributed by atoms with Crippen molar-refractivity contribution in [2.45, 2.75) is 50.4 Å². The number of halogens is 3. The van der Waals surface area contributed by atoms with E-state index in [0.717, 1.165) is 29.8 Å². The van der Waals surface area contributed by atoms with Crippen LogP contribution in [0.15, 0.2) is 71.6 Å². The fourth-order valence-corrected chi connectivity index (χ4v) is 6.01. The molecule has 0 spiro atoms. The van der Waals surface area contributed by atoms with Crippen molar-refractivity contribution in [2.24, 2.45) is 5.92 Å². The molecule has 0 saturated heterocycles. The van der Waals surface area contributed by atoms with Crippen LogP contribution < -0.4 is 14.8 Å². The smallest absolute Gasteiger partial charge is 0.416 e. The molecule has 3 aromatic carbocycles. The first-order valence-corrected chi connectivity index (χ1v) is 16.0. The predicted octanol–water partition coefficient (Wildman–Crippen LogP) is 5.13. The molecule has 0 fully saturated rings. The van der Waals surface area contributed by atoms with E-state index in [0.29, 0.717) is 11.3 Å². The average molecular weight is 663 g/mol. The van der Waals surface area contributed by atoms with Gasteiger partial charge in [0.25, 0.3) is 10.0 Å². The third-order valence-electron chi connectivity index (χ3n) is 7.76. The minimum atomic E-state index is -4.50. The molecule has 0 aliphatic carbocycles. The number of carbonyl (C=O) groups excluding carboxylic acids is 2. The monoisotopic (exact) mass is 662 g/mol. The first-order chi connectivity index (χ1) is 21.6. The molecule has 3 N–H and O–H groups in total. The Balaban J connectivity index is 1.58. The summed E-state index contributed by atoms with van der Waals surface area (Å²) >= 11 is 0. The van der Waals surface area contributed by atoms with Crippen LogP contribution in [0.25, 0.3) is 0 Å². The first-order valence-electron chi connectivity index (χ1n) is 14.6. The highest BCUT2D eigenvalue weighted by Crippen LogP contribution is 2.31. The second-order valence-electron chi connectivity index (χ2n) is 11.5. The number of sulfonamides is 1. The second-order valence-corrected chi connectivity index (χ2v) is 13.2. The number of nitrogens with one attached hydrogen (secondary N) is 2. The number of anilines is 2. The summed E-state index contributed by atoms with van der Waals surface area (Å²) < 4.78 is 73.8.